The normalized spacial score (nSPS) is 11.8. The van der Waals surface area contributed by atoms with Crippen molar-refractivity contribution in [3.63, 3.8) is 0 Å². The highest BCUT2D eigenvalue weighted by Gasteiger charge is 2.11. The van der Waals surface area contributed by atoms with Crippen LogP contribution in [0.4, 0.5) is 0 Å². The van der Waals surface area contributed by atoms with Crippen molar-refractivity contribution in [1.82, 2.24) is 0 Å². The molecule has 0 spiro atoms. The third-order valence-corrected chi connectivity index (χ3v) is 2.31. The first kappa shape index (κ1) is 12.2. The summed E-state index contributed by atoms with van der Waals surface area (Å²) in [5.41, 5.74) is 2.41. The molecule has 1 unspecified atom stereocenters. The molecule has 0 amide bonds. The van der Waals surface area contributed by atoms with Crippen LogP contribution in [0, 0.1) is 18.3 Å². The number of hydrogen-bond donors (Lipinski definition) is 1. The van der Waals surface area contributed by atoms with Gasteiger partial charge in [0.05, 0.1) is 18.2 Å². The van der Waals surface area contributed by atoms with Crippen molar-refractivity contribution in [2.75, 3.05) is 0 Å². The molecule has 0 aliphatic rings. The minimum absolute atomic E-state index is 0.241. The summed E-state index contributed by atoms with van der Waals surface area (Å²) >= 11 is 0. The number of benzene rings is 1. The quantitative estimate of drug-likeness (QED) is 0.839. The second-order valence-corrected chi connectivity index (χ2v) is 3.54. The first-order chi connectivity index (χ1) is 7.54. The highest BCUT2D eigenvalue weighted by Crippen LogP contribution is 2.12. The van der Waals surface area contributed by atoms with Crippen molar-refractivity contribution in [2.45, 2.75) is 26.6 Å². The molecule has 4 nitrogen and oxygen atoms in total. The fourth-order valence-electron chi connectivity index (χ4n) is 1.21. The van der Waals surface area contributed by atoms with E-state index in [4.69, 9.17) is 15.1 Å². The summed E-state index contributed by atoms with van der Waals surface area (Å²) in [5.74, 6) is -0.980. The molecular formula is C12H13NO3. The Balaban J connectivity index is 2.69. The number of ether oxygens (including phenoxy) is 1. The molecule has 0 fully saturated rings. The number of aryl methyl sites for hydroxylation is 1. The Hall–Kier alpha value is -1.86. The molecule has 0 saturated heterocycles. The number of carboxylic acid groups (broad SMARTS) is 1. The van der Waals surface area contributed by atoms with Crippen LogP contribution < -0.4 is 0 Å². The van der Waals surface area contributed by atoms with Crippen molar-refractivity contribution < 1.29 is 14.6 Å². The molecule has 1 N–H and O–H groups in total. The van der Waals surface area contributed by atoms with E-state index in [2.05, 4.69) is 0 Å². The minimum atomic E-state index is -0.980. The lowest BCUT2D eigenvalue weighted by molar-refractivity contribution is -0.149. The maximum atomic E-state index is 10.5. The van der Waals surface area contributed by atoms with Gasteiger partial charge in [0.15, 0.2) is 6.10 Å². The number of carbonyl (C=O) groups is 1. The number of hydrogen-bond acceptors (Lipinski definition) is 3. The average molecular weight is 219 g/mol. The summed E-state index contributed by atoms with van der Waals surface area (Å²) in [7, 11) is 0. The van der Waals surface area contributed by atoms with Crippen LogP contribution in [0.15, 0.2) is 18.2 Å². The van der Waals surface area contributed by atoms with Gasteiger partial charge in [0.1, 0.15) is 0 Å². The van der Waals surface area contributed by atoms with Gasteiger partial charge in [-0.3, -0.25) is 0 Å². The number of rotatable bonds is 4. The molecule has 84 valence electrons. The van der Waals surface area contributed by atoms with Gasteiger partial charge in [-0.05, 0) is 37.1 Å². The zero-order chi connectivity index (χ0) is 12.1. The van der Waals surface area contributed by atoms with E-state index in [1.807, 2.05) is 13.0 Å². The third kappa shape index (κ3) is 3.07. The Kier molecular flexibility index (Phi) is 4.03. The molecule has 4 heteroatoms. The summed E-state index contributed by atoms with van der Waals surface area (Å²) in [4.78, 5) is 10.5. The highest BCUT2D eigenvalue weighted by molar-refractivity contribution is 5.71. The summed E-state index contributed by atoms with van der Waals surface area (Å²) in [6.07, 6.45) is -0.824. The van der Waals surface area contributed by atoms with Crippen molar-refractivity contribution in [3.8, 4) is 6.07 Å². The Bertz CT molecular complexity index is 434. The van der Waals surface area contributed by atoms with E-state index in [1.165, 1.54) is 6.92 Å². The van der Waals surface area contributed by atoms with E-state index in [0.29, 0.717) is 5.56 Å². The summed E-state index contributed by atoms with van der Waals surface area (Å²) in [6, 6.07) is 7.27. The van der Waals surface area contributed by atoms with Crippen LogP contribution in [0.25, 0.3) is 0 Å². The molecule has 0 radical (unpaired) electrons. The van der Waals surface area contributed by atoms with Crippen LogP contribution in [0.1, 0.15) is 23.6 Å². The number of nitrogens with zero attached hydrogens (tertiary/aromatic N) is 1. The fourth-order valence-corrected chi connectivity index (χ4v) is 1.21. The van der Waals surface area contributed by atoms with Gasteiger partial charge in [-0.2, -0.15) is 5.26 Å². The van der Waals surface area contributed by atoms with Gasteiger partial charge in [-0.1, -0.05) is 6.07 Å². The largest absolute Gasteiger partial charge is 0.479 e. The molecular weight excluding hydrogens is 206 g/mol. The van der Waals surface area contributed by atoms with Crippen LogP contribution >= 0.6 is 0 Å². The second kappa shape index (κ2) is 5.29. The van der Waals surface area contributed by atoms with Crippen LogP contribution in [0.3, 0.4) is 0 Å². The zero-order valence-electron chi connectivity index (χ0n) is 9.23. The smallest absolute Gasteiger partial charge is 0.332 e. The lowest BCUT2D eigenvalue weighted by Crippen LogP contribution is -2.19. The molecule has 1 atom stereocenters. The number of aliphatic carboxylic acids is 1. The van der Waals surface area contributed by atoms with Crippen LogP contribution in [0.5, 0.6) is 0 Å². The van der Waals surface area contributed by atoms with Crippen molar-refractivity contribution in [2.24, 2.45) is 0 Å². The number of nitriles is 1. The molecule has 1 rings (SSSR count). The van der Waals surface area contributed by atoms with Gasteiger partial charge in [0.2, 0.25) is 0 Å². The van der Waals surface area contributed by atoms with Gasteiger partial charge in [-0.15, -0.1) is 0 Å². The molecule has 0 aliphatic carbocycles. The van der Waals surface area contributed by atoms with Gasteiger partial charge in [-0.25, -0.2) is 4.79 Å². The van der Waals surface area contributed by atoms with Gasteiger partial charge < -0.3 is 9.84 Å². The molecule has 0 saturated carbocycles. The molecule has 0 bridgehead atoms. The standard InChI is InChI=1S/C12H13NO3/c1-8-5-10(6-13)3-4-11(8)7-16-9(2)12(14)15/h3-5,9H,7H2,1-2H3,(H,14,15). The van der Waals surface area contributed by atoms with Crippen molar-refractivity contribution in [1.29, 1.82) is 5.26 Å². The monoisotopic (exact) mass is 219 g/mol. The molecule has 0 aromatic heterocycles. The van der Waals surface area contributed by atoms with Crippen LogP contribution in [0.2, 0.25) is 0 Å². The Morgan fingerprint density at radius 1 is 1.62 bits per heavy atom. The topological polar surface area (TPSA) is 70.3 Å². The Morgan fingerprint density at radius 2 is 2.31 bits per heavy atom. The third-order valence-electron chi connectivity index (χ3n) is 2.31. The molecule has 1 aromatic rings. The van der Waals surface area contributed by atoms with Gasteiger partial charge in [0, 0.05) is 0 Å². The Labute approximate surface area is 94.1 Å². The Morgan fingerprint density at radius 3 is 2.81 bits per heavy atom. The SMILES string of the molecule is Cc1cc(C#N)ccc1COC(C)C(=O)O. The van der Waals surface area contributed by atoms with Gasteiger partial charge in [0.25, 0.3) is 0 Å². The number of carboxylic acids is 1. The summed E-state index contributed by atoms with van der Waals surface area (Å²) < 4.78 is 5.16. The average Bonchev–Trinajstić information content (AvgIpc) is 2.26. The van der Waals surface area contributed by atoms with E-state index in [-0.39, 0.29) is 6.61 Å². The molecule has 0 aliphatic heterocycles. The molecule has 16 heavy (non-hydrogen) atoms. The molecule has 0 heterocycles. The van der Waals surface area contributed by atoms with Crippen molar-refractivity contribution in [3.05, 3.63) is 34.9 Å². The lowest BCUT2D eigenvalue weighted by atomic mass is 10.1. The maximum Gasteiger partial charge on any atom is 0.332 e. The minimum Gasteiger partial charge on any atom is -0.479 e. The van der Waals surface area contributed by atoms with E-state index in [0.717, 1.165) is 11.1 Å². The molecule has 1 aromatic carbocycles. The second-order valence-electron chi connectivity index (χ2n) is 3.54. The first-order valence-corrected chi connectivity index (χ1v) is 4.88. The fraction of sp³-hybridized carbons (Fsp3) is 0.333. The van der Waals surface area contributed by atoms with E-state index >= 15 is 0 Å². The first-order valence-electron chi connectivity index (χ1n) is 4.88. The summed E-state index contributed by atoms with van der Waals surface area (Å²) in [5, 5.41) is 17.3. The van der Waals surface area contributed by atoms with Crippen LogP contribution in [-0.2, 0) is 16.1 Å². The predicted molar refractivity (Wildman–Crippen MR) is 57.8 cm³/mol. The lowest BCUT2D eigenvalue weighted by Gasteiger charge is -2.10. The van der Waals surface area contributed by atoms with Crippen LogP contribution in [-0.4, -0.2) is 17.2 Å². The maximum absolute atomic E-state index is 10.5. The van der Waals surface area contributed by atoms with E-state index in [9.17, 15) is 4.79 Å². The van der Waals surface area contributed by atoms with Crippen molar-refractivity contribution >= 4 is 5.97 Å². The predicted octanol–water partition coefficient (Wildman–Crippen LogP) is 1.86. The highest BCUT2D eigenvalue weighted by atomic mass is 16.5. The van der Waals surface area contributed by atoms with Gasteiger partial charge >= 0.3 is 5.97 Å². The van der Waals surface area contributed by atoms with E-state index in [1.54, 1.807) is 18.2 Å². The summed E-state index contributed by atoms with van der Waals surface area (Å²) in [6.45, 7) is 3.59. The van der Waals surface area contributed by atoms with E-state index < -0.39 is 12.1 Å². The zero-order valence-corrected chi connectivity index (χ0v) is 9.23.